The summed E-state index contributed by atoms with van der Waals surface area (Å²) in [6, 6.07) is 14.9. The lowest BCUT2D eigenvalue weighted by atomic mass is 10.1. The number of thiazole rings is 1. The van der Waals surface area contributed by atoms with Crippen molar-refractivity contribution >= 4 is 38.6 Å². The van der Waals surface area contributed by atoms with Crippen LogP contribution < -0.4 is 4.72 Å². The molecular formula is C18H15ClN2O2S2. The van der Waals surface area contributed by atoms with Crippen molar-refractivity contribution in [3.63, 3.8) is 0 Å². The van der Waals surface area contributed by atoms with Gasteiger partial charge in [-0.2, -0.15) is 0 Å². The number of benzene rings is 2. The molecule has 2 aromatic carbocycles. The van der Waals surface area contributed by atoms with E-state index in [9.17, 15) is 8.42 Å². The average Bonchev–Trinajstić information content (AvgIpc) is 3.35. The number of sulfonamides is 1. The molecule has 0 saturated heterocycles. The first-order valence-electron chi connectivity index (χ1n) is 7.85. The topological polar surface area (TPSA) is 59.1 Å². The van der Waals surface area contributed by atoms with Gasteiger partial charge in [-0.15, -0.1) is 11.3 Å². The van der Waals surface area contributed by atoms with E-state index in [1.165, 1.54) is 0 Å². The zero-order valence-corrected chi connectivity index (χ0v) is 15.5. The molecule has 1 saturated carbocycles. The van der Waals surface area contributed by atoms with Gasteiger partial charge in [0.25, 0.3) is 0 Å². The predicted octanol–water partition coefficient (Wildman–Crippen LogP) is 5.03. The summed E-state index contributed by atoms with van der Waals surface area (Å²) in [6.45, 7) is 0. The van der Waals surface area contributed by atoms with Gasteiger partial charge in [0.05, 0.1) is 10.9 Å². The third kappa shape index (κ3) is 3.71. The first-order chi connectivity index (χ1) is 12.0. The predicted molar refractivity (Wildman–Crippen MR) is 104 cm³/mol. The maximum absolute atomic E-state index is 12.0. The minimum absolute atomic E-state index is 0.229. The van der Waals surface area contributed by atoms with Crippen LogP contribution in [0.1, 0.15) is 12.8 Å². The fraction of sp³-hybridized carbons (Fsp3) is 0.167. The number of nitrogens with one attached hydrogen (secondary N) is 1. The Balaban J connectivity index is 1.53. The van der Waals surface area contributed by atoms with Crippen LogP contribution in [0.4, 0.5) is 5.69 Å². The van der Waals surface area contributed by atoms with Gasteiger partial charge >= 0.3 is 0 Å². The fourth-order valence-electron chi connectivity index (χ4n) is 2.47. The standard InChI is InChI=1S/C18H15ClN2O2S2/c19-14-5-1-13(2-6-14)18-20-17(11-24-18)12-3-7-15(8-4-12)21-25(22,23)16-9-10-16/h1-8,11,16,21H,9-10H2. The first-order valence-corrected chi connectivity index (χ1v) is 10.7. The van der Waals surface area contributed by atoms with Crippen LogP contribution in [0.2, 0.25) is 5.02 Å². The highest BCUT2D eigenvalue weighted by Gasteiger charge is 2.35. The zero-order valence-electron chi connectivity index (χ0n) is 13.1. The molecule has 4 nitrogen and oxygen atoms in total. The van der Waals surface area contributed by atoms with Crippen molar-refractivity contribution in [1.82, 2.24) is 4.98 Å². The molecule has 0 amide bonds. The maximum Gasteiger partial charge on any atom is 0.235 e. The van der Waals surface area contributed by atoms with E-state index in [-0.39, 0.29) is 5.25 Å². The number of hydrogen-bond acceptors (Lipinski definition) is 4. The third-order valence-corrected chi connectivity index (χ3v) is 7.01. The molecule has 0 unspecified atom stereocenters. The van der Waals surface area contributed by atoms with Crippen LogP contribution in [0.15, 0.2) is 53.9 Å². The zero-order chi connectivity index (χ0) is 17.4. The van der Waals surface area contributed by atoms with Gasteiger partial charge in [-0.3, -0.25) is 4.72 Å². The van der Waals surface area contributed by atoms with Gasteiger partial charge in [0.1, 0.15) is 5.01 Å². The van der Waals surface area contributed by atoms with Crippen LogP contribution in [-0.4, -0.2) is 18.7 Å². The van der Waals surface area contributed by atoms with Crippen LogP contribution in [0.3, 0.4) is 0 Å². The Morgan fingerprint density at radius 3 is 2.28 bits per heavy atom. The molecule has 1 heterocycles. The molecule has 7 heteroatoms. The molecule has 1 aliphatic rings. The second-order valence-corrected chi connectivity index (χ2v) is 9.22. The Bertz CT molecular complexity index is 992. The highest BCUT2D eigenvalue weighted by molar-refractivity contribution is 7.93. The van der Waals surface area contributed by atoms with Gasteiger partial charge < -0.3 is 0 Å². The molecule has 4 rings (SSSR count). The van der Waals surface area contributed by atoms with Crippen LogP contribution in [0.5, 0.6) is 0 Å². The Hall–Kier alpha value is -1.89. The molecule has 0 bridgehead atoms. The van der Waals surface area contributed by atoms with E-state index in [2.05, 4.69) is 9.71 Å². The highest BCUT2D eigenvalue weighted by atomic mass is 35.5. The van der Waals surface area contributed by atoms with E-state index < -0.39 is 10.0 Å². The smallest absolute Gasteiger partial charge is 0.235 e. The molecule has 0 radical (unpaired) electrons. The van der Waals surface area contributed by atoms with Crippen molar-refractivity contribution in [1.29, 1.82) is 0 Å². The quantitative estimate of drug-likeness (QED) is 0.664. The molecule has 1 aliphatic carbocycles. The number of hydrogen-bond donors (Lipinski definition) is 1. The summed E-state index contributed by atoms with van der Waals surface area (Å²) >= 11 is 7.48. The lowest BCUT2D eigenvalue weighted by Crippen LogP contribution is -2.17. The number of aromatic nitrogens is 1. The number of nitrogens with zero attached hydrogens (tertiary/aromatic N) is 1. The lowest BCUT2D eigenvalue weighted by molar-refractivity contribution is 0.600. The van der Waals surface area contributed by atoms with Crippen molar-refractivity contribution in [2.24, 2.45) is 0 Å². The molecule has 0 aliphatic heterocycles. The van der Waals surface area contributed by atoms with Gasteiger partial charge in [-0.25, -0.2) is 13.4 Å². The number of anilines is 1. The third-order valence-electron chi connectivity index (χ3n) is 4.00. The Labute approximate surface area is 155 Å². The number of halogens is 1. The fourth-order valence-corrected chi connectivity index (χ4v) is 4.82. The van der Waals surface area contributed by atoms with E-state index >= 15 is 0 Å². The van der Waals surface area contributed by atoms with Crippen molar-refractivity contribution in [2.75, 3.05) is 4.72 Å². The van der Waals surface area contributed by atoms with Crippen LogP contribution in [0, 0.1) is 0 Å². The molecule has 0 spiro atoms. The monoisotopic (exact) mass is 390 g/mol. The molecule has 3 aromatic rings. The van der Waals surface area contributed by atoms with Crippen LogP contribution in [-0.2, 0) is 10.0 Å². The molecule has 25 heavy (non-hydrogen) atoms. The summed E-state index contributed by atoms with van der Waals surface area (Å²) in [7, 11) is -3.23. The van der Waals surface area contributed by atoms with Gasteiger partial charge in [0.15, 0.2) is 0 Å². The lowest BCUT2D eigenvalue weighted by Gasteiger charge is -2.07. The Morgan fingerprint density at radius 2 is 1.64 bits per heavy atom. The minimum Gasteiger partial charge on any atom is -0.283 e. The van der Waals surface area contributed by atoms with E-state index in [0.717, 1.165) is 34.7 Å². The summed E-state index contributed by atoms with van der Waals surface area (Å²) in [5.74, 6) is 0. The normalized spacial score (nSPS) is 14.4. The van der Waals surface area contributed by atoms with Gasteiger partial charge in [-0.05, 0) is 37.1 Å². The molecule has 1 aromatic heterocycles. The van der Waals surface area contributed by atoms with Gasteiger partial charge in [0.2, 0.25) is 10.0 Å². The summed E-state index contributed by atoms with van der Waals surface area (Å²) < 4.78 is 26.6. The Kier molecular flexibility index (Phi) is 4.27. The minimum atomic E-state index is -3.23. The molecule has 0 atom stereocenters. The van der Waals surface area contributed by atoms with Crippen molar-refractivity contribution < 1.29 is 8.42 Å². The van der Waals surface area contributed by atoms with Crippen LogP contribution >= 0.6 is 22.9 Å². The summed E-state index contributed by atoms with van der Waals surface area (Å²) in [4.78, 5) is 4.66. The van der Waals surface area contributed by atoms with E-state index in [1.54, 1.807) is 23.5 Å². The van der Waals surface area contributed by atoms with Crippen molar-refractivity contribution in [2.45, 2.75) is 18.1 Å². The summed E-state index contributed by atoms with van der Waals surface area (Å²) in [6.07, 6.45) is 1.50. The maximum atomic E-state index is 12.0. The van der Waals surface area contributed by atoms with E-state index in [1.807, 2.05) is 41.8 Å². The SMILES string of the molecule is O=S(=O)(Nc1ccc(-c2csc(-c3ccc(Cl)cc3)n2)cc1)C1CC1. The van der Waals surface area contributed by atoms with E-state index in [0.29, 0.717) is 10.7 Å². The van der Waals surface area contributed by atoms with Crippen molar-refractivity contribution in [3.8, 4) is 21.8 Å². The van der Waals surface area contributed by atoms with Gasteiger partial charge in [0, 0.05) is 27.2 Å². The highest BCUT2D eigenvalue weighted by Crippen LogP contribution is 2.32. The largest absolute Gasteiger partial charge is 0.283 e. The second-order valence-electron chi connectivity index (χ2n) is 5.97. The average molecular weight is 391 g/mol. The molecule has 1 fully saturated rings. The summed E-state index contributed by atoms with van der Waals surface area (Å²) in [5.41, 5.74) is 3.43. The number of rotatable bonds is 5. The molecular weight excluding hydrogens is 376 g/mol. The second kappa shape index (κ2) is 6.44. The molecule has 1 N–H and O–H groups in total. The van der Waals surface area contributed by atoms with Crippen molar-refractivity contribution in [3.05, 3.63) is 58.9 Å². The Morgan fingerprint density at radius 1 is 1.00 bits per heavy atom. The van der Waals surface area contributed by atoms with Gasteiger partial charge in [-0.1, -0.05) is 35.9 Å². The first kappa shape index (κ1) is 16.6. The summed E-state index contributed by atoms with van der Waals surface area (Å²) in [5, 5.41) is 3.38. The van der Waals surface area contributed by atoms with Crippen LogP contribution in [0.25, 0.3) is 21.8 Å². The van der Waals surface area contributed by atoms with E-state index in [4.69, 9.17) is 11.6 Å². The molecule has 128 valence electrons.